The van der Waals surface area contributed by atoms with E-state index in [1.807, 2.05) is 43.3 Å². The number of carbonyl (C=O) groups excluding carboxylic acids is 1. The second-order valence-electron chi connectivity index (χ2n) is 7.09. The number of hydrogen-bond donors (Lipinski definition) is 1. The smallest absolute Gasteiger partial charge is 0.251 e. The van der Waals surface area contributed by atoms with Crippen molar-refractivity contribution in [3.05, 3.63) is 89.7 Å². The highest BCUT2D eigenvalue weighted by atomic mass is 32.2. The number of sulfonamides is 1. The minimum atomic E-state index is -3.90. The number of benzene rings is 2. The van der Waals surface area contributed by atoms with Gasteiger partial charge in [0.05, 0.1) is 13.2 Å². The van der Waals surface area contributed by atoms with Gasteiger partial charge in [0.25, 0.3) is 5.91 Å². The first-order chi connectivity index (χ1) is 14.8. The number of aromatic nitrogens is 1. The number of hydrogen-bond acceptors (Lipinski definition) is 5. The highest BCUT2D eigenvalue weighted by Gasteiger charge is 2.26. The molecular weight excluding hydrogens is 414 g/mol. The van der Waals surface area contributed by atoms with E-state index in [1.54, 1.807) is 24.5 Å². The van der Waals surface area contributed by atoms with Gasteiger partial charge in [0.15, 0.2) is 0 Å². The van der Waals surface area contributed by atoms with Crippen molar-refractivity contribution in [2.24, 2.45) is 0 Å². The molecular formula is C23H25N3O4S. The van der Waals surface area contributed by atoms with Crippen LogP contribution in [0, 0.1) is 0 Å². The maximum Gasteiger partial charge on any atom is 0.251 e. The third-order valence-corrected chi connectivity index (χ3v) is 6.72. The fourth-order valence-corrected chi connectivity index (χ4v) is 4.44. The van der Waals surface area contributed by atoms with Crippen LogP contribution in [0.1, 0.15) is 34.5 Å². The van der Waals surface area contributed by atoms with Crippen LogP contribution in [0.15, 0.2) is 78.0 Å². The van der Waals surface area contributed by atoms with Gasteiger partial charge in [-0.2, -0.15) is 4.31 Å². The summed E-state index contributed by atoms with van der Waals surface area (Å²) >= 11 is 0. The van der Waals surface area contributed by atoms with E-state index >= 15 is 0 Å². The molecule has 0 unspecified atom stereocenters. The Morgan fingerprint density at radius 3 is 2.52 bits per heavy atom. The topological polar surface area (TPSA) is 88.6 Å². The van der Waals surface area contributed by atoms with Crippen molar-refractivity contribution in [3.8, 4) is 5.75 Å². The average Bonchev–Trinajstić information content (AvgIpc) is 2.79. The van der Waals surface area contributed by atoms with Crippen LogP contribution in [0.3, 0.4) is 0 Å². The molecule has 1 N–H and O–H groups in total. The average molecular weight is 440 g/mol. The van der Waals surface area contributed by atoms with Crippen molar-refractivity contribution in [2.75, 3.05) is 14.2 Å². The van der Waals surface area contributed by atoms with Crippen molar-refractivity contribution >= 4 is 15.9 Å². The molecule has 0 radical (unpaired) electrons. The minimum absolute atomic E-state index is 0.0601. The Balaban J connectivity index is 1.86. The maximum absolute atomic E-state index is 13.2. The lowest BCUT2D eigenvalue weighted by atomic mass is 10.1. The molecule has 162 valence electrons. The van der Waals surface area contributed by atoms with Crippen LogP contribution >= 0.6 is 0 Å². The molecule has 0 bridgehead atoms. The fourth-order valence-electron chi connectivity index (χ4n) is 3.11. The molecule has 0 aliphatic carbocycles. The third kappa shape index (κ3) is 5.28. The lowest BCUT2D eigenvalue weighted by Gasteiger charge is -2.20. The van der Waals surface area contributed by atoms with Gasteiger partial charge in [-0.05, 0) is 42.3 Å². The molecule has 1 aromatic heterocycles. The zero-order valence-corrected chi connectivity index (χ0v) is 18.5. The number of carbonyl (C=O) groups is 1. The van der Waals surface area contributed by atoms with Gasteiger partial charge < -0.3 is 10.1 Å². The SMILES string of the molecule is COc1ccc(C(=O)N[C@@H](C)c2cccnc2)cc1S(=O)(=O)N(C)Cc1ccccc1. The van der Waals surface area contributed by atoms with E-state index in [-0.39, 0.29) is 34.7 Å². The molecule has 8 heteroatoms. The number of rotatable bonds is 8. The van der Waals surface area contributed by atoms with Crippen LogP contribution in [0.2, 0.25) is 0 Å². The first-order valence-corrected chi connectivity index (χ1v) is 11.2. The van der Waals surface area contributed by atoms with E-state index in [2.05, 4.69) is 10.3 Å². The summed E-state index contributed by atoms with van der Waals surface area (Å²) in [5.74, 6) is -0.210. The van der Waals surface area contributed by atoms with Crippen molar-refractivity contribution in [3.63, 3.8) is 0 Å². The van der Waals surface area contributed by atoms with Gasteiger partial charge in [0, 0.05) is 31.5 Å². The lowest BCUT2D eigenvalue weighted by Crippen LogP contribution is -2.29. The Morgan fingerprint density at radius 1 is 1.13 bits per heavy atom. The summed E-state index contributed by atoms with van der Waals surface area (Å²) < 4.78 is 33.0. The molecule has 0 saturated carbocycles. The van der Waals surface area contributed by atoms with Gasteiger partial charge >= 0.3 is 0 Å². The van der Waals surface area contributed by atoms with E-state index < -0.39 is 10.0 Å². The monoisotopic (exact) mass is 439 g/mol. The second kappa shape index (κ2) is 9.72. The summed E-state index contributed by atoms with van der Waals surface area (Å²) in [5.41, 5.74) is 1.93. The maximum atomic E-state index is 13.2. The quantitative estimate of drug-likeness (QED) is 0.581. The number of ether oxygens (including phenoxy) is 1. The molecule has 0 aliphatic heterocycles. The molecule has 0 aliphatic rings. The molecule has 7 nitrogen and oxygen atoms in total. The van der Waals surface area contributed by atoms with Crippen molar-refractivity contribution in [1.29, 1.82) is 0 Å². The number of pyridine rings is 1. The summed E-state index contributed by atoms with van der Waals surface area (Å²) in [6, 6.07) is 17.0. The van der Waals surface area contributed by atoms with E-state index in [9.17, 15) is 13.2 Å². The molecule has 1 heterocycles. The zero-order valence-electron chi connectivity index (χ0n) is 17.6. The fraction of sp³-hybridized carbons (Fsp3) is 0.217. The summed E-state index contributed by atoms with van der Waals surface area (Å²) in [6.45, 7) is 2.03. The Morgan fingerprint density at radius 2 is 1.87 bits per heavy atom. The van der Waals surface area contributed by atoms with Crippen molar-refractivity contribution in [1.82, 2.24) is 14.6 Å². The number of nitrogens with zero attached hydrogens (tertiary/aromatic N) is 2. The van der Waals surface area contributed by atoms with Gasteiger partial charge in [-0.25, -0.2) is 8.42 Å². The summed E-state index contributed by atoms with van der Waals surface area (Å²) in [4.78, 5) is 16.8. The molecule has 1 amide bonds. The standard InChI is InChI=1S/C23H25N3O4S/c1-17(20-10-7-13-24-15-20)25-23(27)19-11-12-21(30-3)22(14-19)31(28,29)26(2)16-18-8-5-4-6-9-18/h4-15,17H,16H2,1-3H3,(H,25,27)/t17-/m0/s1. The van der Waals surface area contributed by atoms with Crippen LogP contribution in [-0.2, 0) is 16.6 Å². The molecule has 0 spiro atoms. The van der Waals surface area contributed by atoms with Crippen molar-refractivity contribution in [2.45, 2.75) is 24.4 Å². The van der Waals surface area contributed by atoms with Crippen LogP contribution in [0.4, 0.5) is 0 Å². The van der Waals surface area contributed by atoms with Crippen LogP contribution in [-0.4, -0.2) is 37.8 Å². The van der Waals surface area contributed by atoms with Gasteiger partial charge in [-0.1, -0.05) is 36.4 Å². The highest BCUT2D eigenvalue weighted by molar-refractivity contribution is 7.89. The zero-order chi connectivity index (χ0) is 22.4. The largest absolute Gasteiger partial charge is 0.495 e. The van der Waals surface area contributed by atoms with Crippen LogP contribution in [0.25, 0.3) is 0 Å². The molecule has 2 aromatic carbocycles. The molecule has 1 atom stereocenters. The van der Waals surface area contributed by atoms with Crippen LogP contribution < -0.4 is 10.1 Å². The minimum Gasteiger partial charge on any atom is -0.495 e. The van der Waals surface area contributed by atoms with Gasteiger partial charge in [0.2, 0.25) is 10.0 Å². The Kier molecular flexibility index (Phi) is 7.04. The first-order valence-electron chi connectivity index (χ1n) is 9.72. The molecule has 3 aromatic rings. The van der Waals surface area contributed by atoms with Gasteiger partial charge in [-0.3, -0.25) is 9.78 Å². The molecule has 0 fully saturated rings. The lowest BCUT2D eigenvalue weighted by molar-refractivity contribution is 0.0939. The normalized spacial score (nSPS) is 12.4. The van der Waals surface area contributed by atoms with E-state index in [1.165, 1.54) is 30.6 Å². The number of nitrogens with one attached hydrogen (secondary N) is 1. The van der Waals surface area contributed by atoms with E-state index in [0.29, 0.717) is 0 Å². The third-order valence-electron chi connectivity index (χ3n) is 4.89. The highest BCUT2D eigenvalue weighted by Crippen LogP contribution is 2.28. The van der Waals surface area contributed by atoms with E-state index in [0.717, 1.165) is 11.1 Å². The molecule has 3 rings (SSSR count). The second-order valence-corrected chi connectivity index (χ2v) is 9.11. The van der Waals surface area contributed by atoms with Gasteiger partial charge in [0.1, 0.15) is 10.6 Å². The predicted molar refractivity (Wildman–Crippen MR) is 118 cm³/mol. The Labute approximate surface area is 182 Å². The summed E-state index contributed by atoms with van der Waals surface area (Å²) in [5, 5.41) is 2.87. The van der Waals surface area contributed by atoms with Crippen LogP contribution in [0.5, 0.6) is 5.75 Å². The Bertz CT molecular complexity index is 1140. The summed E-state index contributed by atoms with van der Waals surface area (Å²) in [7, 11) is -1.00. The predicted octanol–water partition coefficient (Wildman–Crippen LogP) is 3.40. The van der Waals surface area contributed by atoms with Crippen molar-refractivity contribution < 1.29 is 17.9 Å². The Hall–Kier alpha value is -3.23. The van der Waals surface area contributed by atoms with E-state index in [4.69, 9.17) is 4.74 Å². The van der Waals surface area contributed by atoms with Gasteiger partial charge in [-0.15, -0.1) is 0 Å². The molecule has 31 heavy (non-hydrogen) atoms. The number of amides is 1. The molecule has 0 saturated heterocycles. The number of methoxy groups -OCH3 is 1. The first kappa shape index (κ1) is 22.5. The summed E-state index contributed by atoms with van der Waals surface area (Å²) in [6.07, 6.45) is 3.33.